The predicted molar refractivity (Wildman–Crippen MR) is 63.9 cm³/mol. The molecule has 0 heterocycles. The first-order chi connectivity index (χ1) is 8.16. The molecule has 1 aliphatic rings. The molecule has 0 spiro atoms. The van der Waals surface area contributed by atoms with Gasteiger partial charge in [-0.3, -0.25) is 4.79 Å². The van der Waals surface area contributed by atoms with Gasteiger partial charge in [-0.25, -0.2) is 4.39 Å². The highest BCUT2D eigenvalue weighted by atomic mass is 35.5. The number of carbonyl (C=O) groups is 1. The molecular weight excluding hydrogens is 243 g/mol. The Balaban J connectivity index is 1.90. The van der Waals surface area contributed by atoms with E-state index in [1.807, 2.05) is 0 Å². The third-order valence-electron chi connectivity index (χ3n) is 3.07. The second kappa shape index (κ2) is 5.50. The molecule has 0 atom stereocenters. The molecule has 2 rings (SSSR count). The highest BCUT2D eigenvalue weighted by Gasteiger charge is 2.22. The molecule has 2 nitrogen and oxygen atoms in total. The van der Waals surface area contributed by atoms with Gasteiger partial charge in [-0.2, -0.15) is 0 Å². The first-order valence-electron chi connectivity index (χ1n) is 5.77. The topological polar surface area (TPSA) is 26.3 Å². The second-order valence-electron chi connectivity index (χ2n) is 4.31. The maximum absolute atomic E-state index is 12.8. The SMILES string of the molecule is O=C(COc1ccc(F)cc1Cl)C1CCCC1. The summed E-state index contributed by atoms with van der Waals surface area (Å²) < 4.78 is 18.1. The number of hydrogen-bond acceptors (Lipinski definition) is 2. The van der Waals surface area contributed by atoms with Gasteiger partial charge in [0.2, 0.25) is 0 Å². The van der Waals surface area contributed by atoms with Crippen molar-refractivity contribution in [3.63, 3.8) is 0 Å². The van der Waals surface area contributed by atoms with Gasteiger partial charge in [0.1, 0.15) is 18.2 Å². The van der Waals surface area contributed by atoms with Crippen LogP contribution in [0.1, 0.15) is 25.7 Å². The predicted octanol–water partition coefficient (Wildman–Crippen LogP) is 3.62. The zero-order chi connectivity index (χ0) is 12.3. The summed E-state index contributed by atoms with van der Waals surface area (Å²) in [5, 5.41) is 0.198. The van der Waals surface area contributed by atoms with Crippen molar-refractivity contribution >= 4 is 17.4 Å². The lowest BCUT2D eigenvalue weighted by atomic mass is 10.0. The molecule has 0 saturated heterocycles. The minimum Gasteiger partial charge on any atom is -0.484 e. The van der Waals surface area contributed by atoms with Crippen LogP contribution in [0.15, 0.2) is 18.2 Å². The molecule has 92 valence electrons. The molecule has 4 heteroatoms. The Labute approximate surface area is 105 Å². The lowest BCUT2D eigenvalue weighted by molar-refractivity contribution is -0.124. The monoisotopic (exact) mass is 256 g/mol. The lowest BCUT2D eigenvalue weighted by Gasteiger charge is -2.10. The van der Waals surface area contributed by atoms with Crippen LogP contribution in [0, 0.1) is 11.7 Å². The number of halogens is 2. The fourth-order valence-corrected chi connectivity index (χ4v) is 2.33. The average molecular weight is 257 g/mol. The van der Waals surface area contributed by atoms with Crippen LogP contribution in [-0.4, -0.2) is 12.4 Å². The van der Waals surface area contributed by atoms with Crippen molar-refractivity contribution in [2.45, 2.75) is 25.7 Å². The average Bonchev–Trinajstić information content (AvgIpc) is 2.81. The molecule has 0 unspecified atom stereocenters. The third-order valence-corrected chi connectivity index (χ3v) is 3.37. The van der Waals surface area contributed by atoms with Crippen molar-refractivity contribution < 1.29 is 13.9 Å². The molecule has 0 radical (unpaired) electrons. The first-order valence-corrected chi connectivity index (χ1v) is 6.15. The van der Waals surface area contributed by atoms with E-state index in [9.17, 15) is 9.18 Å². The number of benzene rings is 1. The van der Waals surface area contributed by atoms with Gasteiger partial charge in [-0.05, 0) is 31.0 Å². The van der Waals surface area contributed by atoms with Crippen molar-refractivity contribution in [2.24, 2.45) is 5.92 Å². The molecule has 0 aliphatic heterocycles. The van der Waals surface area contributed by atoms with Crippen molar-refractivity contribution in [3.05, 3.63) is 29.0 Å². The van der Waals surface area contributed by atoms with E-state index in [0.29, 0.717) is 5.75 Å². The van der Waals surface area contributed by atoms with E-state index in [2.05, 4.69) is 0 Å². The molecule has 1 fully saturated rings. The van der Waals surface area contributed by atoms with Crippen LogP contribution >= 0.6 is 11.6 Å². The standard InChI is InChI=1S/C13H14ClFO2/c14-11-7-10(15)5-6-13(11)17-8-12(16)9-3-1-2-4-9/h5-7,9H,1-4,8H2. The van der Waals surface area contributed by atoms with Gasteiger partial charge < -0.3 is 4.74 Å². The normalized spacial score (nSPS) is 16.1. The van der Waals surface area contributed by atoms with E-state index < -0.39 is 5.82 Å². The Morgan fingerprint density at radius 1 is 1.41 bits per heavy atom. The number of rotatable bonds is 4. The third kappa shape index (κ3) is 3.19. The molecule has 0 bridgehead atoms. The summed E-state index contributed by atoms with van der Waals surface area (Å²) in [4.78, 5) is 11.8. The minimum atomic E-state index is -0.413. The van der Waals surface area contributed by atoms with Gasteiger partial charge >= 0.3 is 0 Å². The molecule has 1 aromatic carbocycles. The van der Waals surface area contributed by atoms with Gasteiger partial charge in [0.15, 0.2) is 5.78 Å². The first kappa shape index (κ1) is 12.4. The van der Waals surface area contributed by atoms with Crippen LogP contribution in [0.2, 0.25) is 5.02 Å². The van der Waals surface area contributed by atoms with Crippen molar-refractivity contribution in [2.75, 3.05) is 6.61 Å². The fraction of sp³-hybridized carbons (Fsp3) is 0.462. The quantitative estimate of drug-likeness (QED) is 0.823. The highest BCUT2D eigenvalue weighted by molar-refractivity contribution is 6.32. The summed E-state index contributed by atoms with van der Waals surface area (Å²) in [5.41, 5.74) is 0. The second-order valence-corrected chi connectivity index (χ2v) is 4.72. The van der Waals surface area contributed by atoms with Crippen LogP contribution < -0.4 is 4.74 Å². The van der Waals surface area contributed by atoms with Gasteiger partial charge in [0.25, 0.3) is 0 Å². The molecular formula is C13H14ClFO2. The van der Waals surface area contributed by atoms with Crippen molar-refractivity contribution in [1.29, 1.82) is 0 Å². The number of ether oxygens (including phenoxy) is 1. The maximum atomic E-state index is 12.8. The van der Waals surface area contributed by atoms with E-state index >= 15 is 0 Å². The summed E-state index contributed by atoms with van der Waals surface area (Å²) >= 11 is 5.80. The summed E-state index contributed by atoms with van der Waals surface area (Å²) in [6.45, 7) is 0.0238. The summed E-state index contributed by atoms with van der Waals surface area (Å²) in [6.07, 6.45) is 4.15. The Hall–Kier alpha value is -1.09. The van der Waals surface area contributed by atoms with E-state index in [-0.39, 0.29) is 23.3 Å². The number of carbonyl (C=O) groups excluding carboxylic acids is 1. The van der Waals surface area contributed by atoms with Gasteiger partial charge in [0, 0.05) is 5.92 Å². The fourth-order valence-electron chi connectivity index (χ4n) is 2.11. The Morgan fingerprint density at radius 3 is 2.76 bits per heavy atom. The summed E-state index contributed by atoms with van der Waals surface area (Å²) in [7, 11) is 0. The molecule has 1 aromatic rings. The molecule has 17 heavy (non-hydrogen) atoms. The van der Waals surface area contributed by atoms with Crippen LogP contribution in [0.3, 0.4) is 0 Å². The molecule has 0 aromatic heterocycles. The summed E-state index contributed by atoms with van der Waals surface area (Å²) in [6, 6.07) is 3.89. The van der Waals surface area contributed by atoms with Crippen LogP contribution in [0.4, 0.5) is 4.39 Å². The van der Waals surface area contributed by atoms with Gasteiger partial charge in [-0.1, -0.05) is 24.4 Å². The minimum absolute atomic E-state index is 0.0238. The molecule has 0 N–H and O–H groups in total. The number of hydrogen-bond donors (Lipinski definition) is 0. The van der Waals surface area contributed by atoms with E-state index in [1.165, 1.54) is 18.2 Å². The van der Waals surface area contributed by atoms with Crippen molar-refractivity contribution in [3.8, 4) is 5.75 Å². The number of Topliss-reactive ketones (excluding diaryl/α,β-unsaturated/α-hetero) is 1. The van der Waals surface area contributed by atoms with E-state index in [1.54, 1.807) is 0 Å². The molecule has 1 saturated carbocycles. The van der Waals surface area contributed by atoms with E-state index in [0.717, 1.165) is 25.7 Å². The van der Waals surface area contributed by atoms with Crippen LogP contribution in [0.25, 0.3) is 0 Å². The van der Waals surface area contributed by atoms with Crippen LogP contribution in [-0.2, 0) is 4.79 Å². The van der Waals surface area contributed by atoms with E-state index in [4.69, 9.17) is 16.3 Å². The van der Waals surface area contributed by atoms with Crippen LogP contribution in [0.5, 0.6) is 5.75 Å². The molecule has 0 amide bonds. The van der Waals surface area contributed by atoms with Gasteiger partial charge in [0.05, 0.1) is 5.02 Å². The summed E-state index contributed by atoms with van der Waals surface area (Å²) in [5.74, 6) is 0.195. The Bertz CT molecular complexity index is 414. The Kier molecular flexibility index (Phi) is 4.00. The number of ketones is 1. The zero-order valence-electron chi connectivity index (χ0n) is 9.42. The largest absolute Gasteiger partial charge is 0.484 e. The Morgan fingerprint density at radius 2 is 2.12 bits per heavy atom. The lowest BCUT2D eigenvalue weighted by Crippen LogP contribution is -2.19. The zero-order valence-corrected chi connectivity index (χ0v) is 10.2. The highest BCUT2D eigenvalue weighted by Crippen LogP contribution is 2.27. The maximum Gasteiger partial charge on any atom is 0.173 e. The smallest absolute Gasteiger partial charge is 0.173 e. The van der Waals surface area contributed by atoms with Gasteiger partial charge in [-0.15, -0.1) is 0 Å². The van der Waals surface area contributed by atoms with Crippen molar-refractivity contribution in [1.82, 2.24) is 0 Å². The molecule has 1 aliphatic carbocycles.